The van der Waals surface area contributed by atoms with Gasteiger partial charge in [-0.2, -0.15) is 0 Å². The summed E-state index contributed by atoms with van der Waals surface area (Å²) in [6.07, 6.45) is 0.541. The smallest absolute Gasteiger partial charge is 0.184 e. The Labute approximate surface area is 149 Å². The summed E-state index contributed by atoms with van der Waals surface area (Å²) >= 11 is 0. The number of unbranched alkanes of at least 4 members (excludes halogenated alkanes) is 5. The Morgan fingerprint density at radius 2 is 1.44 bits per heavy atom. The van der Waals surface area contributed by atoms with Gasteiger partial charge in [-0.15, -0.1) is 0 Å². The second-order valence-electron chi connectivity index (χ2n) is 6.23. The number of rotatable bonds is 11. The lowest BCUT2D eigenvalue weighted by atomic mass is 9.99. The molecule has 1 aliphatic rings. The van der Waals surface area contributed by atoms with E-state index in [1.54, 1.807) is 0 Å². The van der Waals surface area contributed by atoms with Gasteiger partial charge in [0.05, 0.1) is 6.61 Å². The molecule has 0 spiro atoms. The van der Waals surface area contributed by atoms with Crippen LogP contribution in [-0.2, 0) is 14.2 Å². The van der Waals surface area contributed by atoms with Crippen molar-refractivity contribution in [3.8, 4) is 11.8 Å². The summed E-state index contributed by atoms with van der Waals surface area (Å²) in [5, 5.41) is 38.0. The van der Waals surface area contributed by atoms with Crippen LogP contribution in [0.2, 0.25) is 0 Å². The molecule has 0 aliphatic carbocycles. The van der Waals surface area contributed by atoms with Crippen LogP contribution in [0.15, 0.2) is 0 Å². The predicted octanol–water partition coefficient (Wildman–Crippen LogP) is 0.183. The number of hydrogen-bond donors (Lipinski definition) is 4. The van der Waals surface area contributed by atoms with E-state index in [0.717, 1.165) is 6.42 Å². The van der Waals surface area contributed by atoms with Crippen molar-refractivity contribution in [2.45, 2.75) is 76.2 Å². The monoisotopic (exact) mass is 360 g/mol. The van der Waals surface area contributed by atoms with Crippen LogP contribution in [0.5, 0.6) is 0 Å². The van der Waals surface area contributed by atoms with E-state index in [-0.39, 0.29) is 13.2 Å². The number of hydrogen-bond acceptors (Lipinski definition) is 7. The van der Waals surface area contributed by atoms with Crippen LogP contribution >= 0.6 is 0 Å². The highest BCUT2D eigenvalue weighted by Crippen LogP contribution is 2.19. The molecule has 146 valence electrons. The van der Waals surface area contributed by atoms with Gasteiger partial charge in [0, 0.05) is 6.61 Å². The van der Waals surface area contributed by atoms with Crippen molar-refractivity contribution >= 4 is 0 Å². The molecule has 0 radical (unpaired) electrons. The van der Waals surface area contributed by atoms with Gasteiger partial charge in [0.25, 0.3) is 0 Å². The van der Waals surface area contributed by atoms with E-state index in [1.165, 1.54) is 32.1 Å². The average molecular weight is 360 g/mol. The topological polar surface area (TPSA) is 109 Å². The van der Waals surface area contributed by atoms with Gasteiger partial charge >= 0.3 is 0 Å². The van der Waals surface area contributed by atoms with Gasteiger partial charge in [-0.05, 0) is 6.42 Å². The van der Waals surface area contributed by atoms with E-state index in [4.69, 9.17) is 14.2 Å². The lowest BCUT2D eigenvalue weighted by Crippen LogP contribution is -2.58. The van der Waals surface area contributed by atoms with Crippen LogP contribution < -0.4 is 0 Å². The van der Waals surface area contributed by atoms with Gasteiger partial charge in [-0.25, -0.2) is 0 Å². The maximum atomic E-state index is 9.73. The third-order valence-electron chi connectivity index (χ3n) is 4.08. The molecule has 1 saturated heterocycles. The molecular weight excluding hydrogens is 328 g/mol. The van der Waals surface area contributed by atoms with Crippen LogP contribution in [-0.4, -0.2) is 77.6 Å². The summed E-state index contributed by atoms with van der Waals surface area (Å²) in [6, 6.07) is 0. The van der Waals surface area contributed by atoms with E-state index in [2.05, 4.69) is 18.8 Å². The molecule has 25 heavy (non-hydrogen) atoms. The van der Waals surface area contributed by atoms with Crippen molar-refractivity contribution in [3.63, 3.8) is 0 Å². The van der Waals surface area contributed by atoms with Gasteiger partial charge in [0.1, 0.15) is 37.6 Å². The molecule has 0 saturated carbocycles. The third-order valence-corrected chi connectivity index (χ3v) is 4.08. The molecule has 7 nitrogen and oxygen atoms in total. The zero-order valence-corrected chi connectivity index (χ0v) is 15.0. The Morgan fingerprint density at radius 3 is 2.16 bits per heavy atom. The SMILES string of the molecule is CCCCCCCCOCC#CCOC[C@H]1O[C@H](O)[C@H](O)[C@@H](O)[C@H]1O. The molecule has 0 aromatic heterocycles. The molecule has 1 rings (SSSR count). The lowest BCUT2D eigenvalue weighted by Gasteiger charge is -2.38. The summed E-state index contributed by atoms with van der Waals surface area (Å²) in [5.74, 6) is 5.61. The Bertz CT molecular complexity index is 393. The largest absolute Gasteiger partial charge is 0.387 e. The molecule has 7 heteroatoms. The van der Waals surface area contributed by atoms with Crippen LogP contribution in [0.1, 0.15) is 45.4 Å². The zero-order valence-electron chi connectivity index (χ0n) is 15.0. The molecule has 1 fully saturated rings. The van der Waals surface area contributed by atoms with E-state index in [9.17, 15) is 20.4 Å². The van der Waals surface area contributed by atoms with Gasteiger partial charge in [0.2, 0.25) is 0 Å². The molecular formula is C18H32O7. The zero-order chi connectivity index (χ0) is 18.5. The Morgan fingerprint density at radius 1 is 0.800 bits per heavy atom. The number of aliphatic hydroxyl groups is 4. The van der Waals surface area contributed by atoms with Crippen LogP contribution in [0.3, 0.4) is 0 Å². The lowest BCUT2D eigenvalue weighted by molar-refractivity contribution is -0.288. The molecule has 1 aliphatic heterocycles. The highest BCUT2D eigenvalue weighted by Gasteiger charge is 2.42. The number of aliphatic hydroxyl groups excluding tert-OH is 4. The van der Waals surface area contributed by atoms with Crippen molar-refractivity contribution in [2.24, 2.45) is 0 Å². The number of ether oxygens (including phenoxy) is 3. The molecule has 0 amide bonds. The summed E-state index contributed by atoms with van der Waals surface area (Å²) in [7, 11) is 0. The van der Waals surface area contributed by atoms with Crippen molar-refractivity contribution in [1.29, 1.82) is 0 Å². The Hall–Kier alpha value is -0.720. The first kappa shape index (κ1) is 22.3. The maximum Gasteiger partial charge on any atom is 0.184 e. The average Bonchev–Trinajstić information content (AvgIpc) is 2.61. The van der Waals surface area contributed by atoms with E-state index < -0.39 is 30.7 Å². The normalized spacial score (nSPS) is 29.2. The van der Waals surface area contributed by atoms with Crippen LogP contribution in [0.25, 0.3) is 0 Å². The molecule has 4 N–H and O–H groups in total. The summed E-state index contributed by atoms with van der Waals surface area (Å²) in [6.45, 7) is 3.34. The Balaban J connectivity index is 2.00. The van der Waals surface area contributed by atoms with E-state index in [1.807, 2.05) is 0 Å². The van der Waals surface area contributed by atoms with Crippen LogP contribution in [0, 0.1) is 11.8 Å². The summed E-state index contributed by atoms with van der Waals surface area (Å²) in [5.41, 5.74) is 0. The van der Waals surface area contributed by atoms with Gasteiger partial charge < -0.3 is 34.6 Å². The van der Waals surface area contributed by atoms with Crippen molar-refractivity contribution in [1.82, 2.24) is 0 Å². The second-order valence-corrected chi connectivity index (χ2v) is 6.23. The van der Waals surface area contributed by atoms with Gasteiger partial charge in [-0.1, -0.05) is 50.9 Å². The molecule has 0 aromatic rings. The second kappa shape index (κ2) is 13.5. The minimum atomic E-state index is -1.55. The van der Waals surface area contributed by atoms with Gasteiger partial charge in [-0.3, -0.25) is 0 Å². The Kier molecular flexibility index (Phi) is 12.0. The first-order chi connectivity index (χ1) is 12.1. The molecule has 1 heterocycles. The van der Waals surface area contributed by atoms with Crippen molar-refractivity contribution < 1.29 is 34.6 Å². The molecule has 0 unspecified atom stereocenters. The van der Waals surface area contributed by atoms with Crippen LogP contribution in [0.4, 0.5) is 0 Å². The van der Waals surface area contributed by atoms with Crippen molar-refractivity contribution in [3.05, 3.63) is 0 Å². The highest BCUT2D eigenvalue weighted by molar-refractivity contribution is 4.99. The molecule has 5 atom stereocenters. The summed E-state index contributed by atoms with van der Waals surface area (Å²) in [4.78, 5) is 0. The fraction of sp³-hybridized carbons (Fsp3) is 0.889. The predicted molar refractivity (Wildman–Crippen MR) is 91.7 cm³/mol. The maximum absolute atomic E-state index is 9.73. The highest BCUT2D eigenvalue weighted by atomic mass is 16.6. The van der Waals surface area contributed by atoms with Gasteiger partial charge in [0.15, 0.2) is 6.29 Å². The first-order valence-electron chi connectivity index (χ1n) is 9.06. The minimum absolute atomic E-state index is 0.0463. The molecule has 0 aromatic carbocycles. The minimum Gasteiger partial charge on any atom is -0.387 e. The van der Waals surface area contributed by atoms with Crippen molar-refractivity contribution in [2.75, 3.05) is 26.4 Å². The van der Waals surface area contributed by atoms with E-state index in [0.29, 0.717) is 13.2 Å². The third kappa shape index (κ3) is 8.97. The fourth-order valence-electron chi connectivity index (χ4n) is 2.50. The molecule has 0 bridgehead atoms. The fourth-order valence-corrected chi connectivity index (χ4v) is 2.50. The quantitative estimate of drug-likeness (QED) is 0.307. The summed E-state index contributed by atoms with van der Waals surface area (Å²) < 4.78 is 15.6. The van der Waals surface area contributed by atoms with E-state index >= 15 is 0 Å². The first-order valence-corrected chi connectivity index (χ1v) is 9.06. The standard InChI is InChI=1S/C18H32O7/c1-2-3-4-5-6-7-10-23-11-8-9-12-24-13-14-15(19)16(20)17(21)18(22)25-14/h14-22H,2-7,10-13H2,1H3/t14-,15+,16+,17-,18+/m1/s1.